The van der Waals surface area contributed by atoms with Crippen molar-refractivity contribution in [3.63, 3.8) is 0 Å². The van der Waals surface area contributed by atoms with Crippen LogP contribution in [0, 0.1) is 12.3 Å². The molecule has 4 N–H and O–H groups in total. The van der Waals surface area contributed by atoms with Crippen molar-refractivity contribution >= 4 is 34.7 Å². The number of carbonyl (C=O) groups is 2. The normalized spacial score (nSPS) is 17.5. The second-order valence-electron chi connectivity index (χ2n) is 10.8. The van der Waals surface area contributed by atoms with Crippen LogP contribution < -0.4 is 20.7 Å². The maximum Gasteiger partial charge on any atom is 0.232 e. The predicted molar refractivity (Wildman–Crippen MR) is 156 cm³/mol. The van der Waals surface area contributed by atoms with Crippen molar-refractivity contribution in [1.29, 1.82) is 0 Å². The summed E-state index contributed by atoms with van der Waals surface area (Å²) in [6.07, 6.45) is 1.09. The first kappa shape index (κ1) is 29.8. The average Bonchev–Trinajstić information content (AvgIpc) is 2.84. The highest BCUT2D eigenvalue weighted by atomic mass is 35.5. The van der Waals surface area contributed by atoms with E-state index in [9.17, 15) is 14.7 Å². The van der Waals surface area contributed by atoms with Crippen molar-refractivity contribution in [3.8, 4) is 17.1 Å². The number of Topliss-reactive ketones (excluding diaryl/α,β-unsaturated/α-hetero) is 1. The van der Waals surface area contributed by atoms with Gasteiger partial charge in [-0.3, -0.25) is 9.59 Å². The largest absolute Gasteiger partial charge is 0.491 e. The van der Waals surface area contributed by atoms with Crippen LogP contribution >= 0.6 is 11.6 Å². The fourth-order valence-corrected chi connectivity index (χ4v) is 5.46. The number of likely N-dealkylation sites (N-methyl/N-ethyl adjacent to an activating group) is 1. The molecule has 2 aliphatic heterocycles. The molecule has 1 aromatic heterocycles. The van der Waals surface area contributed by atoms with Gasteiger partial charge in [0, 0.05) is 49.5 Å². The lowest BCUT2D eigenvalue weighted by atomic mass is 9.75. The van der Waals surface area contributed by atoms with Crippen molar-refractivity contribution in [3.05, 3.63) is 40.2 Å². The van der Waals surface area contributed by atoms with E-state index in [1.165, 1.54) is 6.92 Å². The molecule has 4 rings (SSSR count). The van der Waals surface area contributed by atoms with Crippen LogP contribution in [0.5, 0.6) is 5.75 Å². The molecule has 216 valence electrons. The van der Waals surface area contributed by atoms with Gasteiger partial charge in [-0.15, -0.1) is 0 Å². The van der Waals surface area contributed by atoms with E-state index in [1.54, 1.807) is 32.2 Å². The highest BCUT2D eigenvalue weighted by Gasteiger charge is 2.51. The topological polar surface area (TPSA) is 134 Å². The van der Waals surface area contributed by atoms with Crippen molar-refractivity contribution < 1.29 is 19.4 Å². The van der Waals surface area contributed by atoms with E-state index in [1.807, 2.05) is 18.7 Å². The highest BCUT2D eigenvalue weighted by molar-refractivity contribution is 6.33. The number of hydrogen-bond acceptors (Lipinski definition) is 9. The van der Waals surface area contributed by atoms with E-state index in [0.29, 0.717) is 70.1 Å². The first-order valence-electron chi connectivity index (χ1n) is 13.7. The van der Waals surface area contributed by atoms with Crippen LogP contribution in [-0.2, 0) is 9.59 Å². The van der Waals surface area contributed by atoms with Gasteiger partial charge in [-0.25, -0.2) is 9.97 Å². The van der Waals surface area contributed by atoms with Gasteiger partial charge in [0.1, 0.15) is 24.3 Å². The molecule has 2 aliphatic rings. The summed E-state index contributed by atoms with van der Waals surface area (Å²) in [5.41, 5.74) is 8.04. The smallest absolute Gasteiger partial charge is 0.232 e. The number of aromatic nitrogens is 2. The number of nitrogens with zero attached hydrogens (tertiary/aromatic N) is 4. The van der Waals surface area contributed by atoms with Gasteiger partial charge in [-0.2, -0.15) is 0 Å². The third kappa shape index (κ3) is 5.80. The summed E-state index contributed by atoms with van der Waals surface area (Å²) in [5.74, 6) is 1.42. The van der Waals surface area contributed by atoms with E-state index < -0.39 is 11.5 Å². The summed E-state index contributed by atoms with van der Waals surface area (Å²) in [6.45, 7) is 10.2. The molecule has 1 aromatic carbocycles. The Hall–Kier alpha value is -3.21. The molecule has 1 amide bonds. The van der Waals surface area contributed by atoms with E-state index in [2.05, 4.69) is 10.2 Å². The summed E-state index contributed by atoms with van der Waals surface area (Å²) >= 11 is 6.62. The first-order chi connectivity index (χ1) is 19.0. The zero-order valence-electron chi connectivity index (χ0n) is 23.9. The molecule has 0 radical (unpaired) electrons. The van der Waals surface area contributed by atoms with E-state index >= 15 is 0 Å². The Balaban J connectivity index is 1.76. The van der Waals surface area contributed by atoms with Crippen LogP contribution in [0.3, 0.4) is 0 Å². The monoisotopic (exact) mass is 570 g/mol. The Labute approximate surface area is 240 Å². The van der Waals surface area contributed by atoms with Crippen molar-refractivity contribution in [2.75, 3.05) is 51.3 Å². The second-order valence-corrected chi connectivity index (χ2v) is 11.2. The molecule has 0 bridgehead atoms. The molecule has 10 nitrogen and oxygen atoms in total. The van der Waals surface area contributed by atoms with Crippen molar-refractivity contribution in [2.45, 2.75) is 46.6 Å². The van der Waals surface area contributed by atoms with Gasteiger partial charge in [0.05, 0.1) is 21.7 Å². The summed E-state index contributed by atoms with van der Waals surface area (Å²) in [4.78, 5) is 39.6. The number of nitrogens with one attached hydrogen (secondary N) is 1. The number of anilines is 1. The number of ether oxygens (including phenoxy) is 1. The number of nitrogens with two attached hydrogens (primary N) is 1. The number of hydrogen-bond donors (Lipinski definition) is 3. The quantitative estimate of drug-likeness (QED) is 0.349. The van der Waals surface area contributed by atoms with Crippen LogP contribution in [0.15, 0.2) is 23.9 Å². The standard InChI is InChI=1S/C29H39ClN6O4/c1-6-29(28(39)35-10-7-11-35)15-36(16-29)27-17(2)25(24(18(3)31)19(4)37)33-26(34-27)22-12-21(8-9-23(22)30)40-14-20(38)13-32-5/h8-9,12,20,32,38H,6-7,10-11,13-16,31H2,1-5H3/t20-/m1/s1. The third-order valence-corrected chi connectivity index (χ3v) is 8.05. The maximum atomic E-state index is 13.2. The Morgan fingerprint density at radius 1 is 1.25 bits per heavy atom. The Kier molecular flexibility index (Phi) is 9.02. The lowest BCUT2D eigenvalue weighted by Gasteiger charge is -2.52. The van der Waals surface area contributed by atoms with Gasteiger partial charge in [-0.05, 0) is 58.9 Å². The number of halogens is 1. The zero-order chi connectivity index (χ0) is 29.2. The minimum absolute atomic E-state index is 0.0919. The highest BCUT2D eigenvalue weighted by Crippen LogP contribution is 2.42. The lowest BCUT2D eigenvalue weighted by molar-refractivity contribution is -0.147. The molecular formula is C29H39ClN6O4. The summed E-state index contributed by atoms with van der Waals surface area (Å²) in [5, 5.41) is 13.4. The second kappa shape index (κ2) is 12.1. The maximum absolute atomic E-state index is 13.2. The molecule has 2 aromatic rings. The Bertz CT molecular complexity index is 1320. The Morgan fingerprint density at radius 3 is 2.50 bits per heavy atom. The Morgan fingerprint density at radius 2 is 1.95 bits per heavy atom. The van der Waals surface area contributed by atoms with Crippen LogP contribution in [0.25, 0.3) is 17.0 Å². The van der Waals surface area contributed by atoms with Crippen molar-refractivity contribution in [1.82, 2.24) is 20.2 Å². The molecular weight excluding hydrogens is 532 g/mol. The molecule has 1 atom stereocenters. The number of rotatable bonds is 11. The summed E-state index contributed by atoms with van der Waals surface area (Å²) in [6, 6.07) is 5.12. The summed E-state index contributed by atoms with van der Waals surface area (Å²) < 4.78 is 5.79. The SMILES string of the molecule is CCC1(C(=O)N2CCC2)CN(c2nc(-c3cc(OC[C@H](O)CNC)ccc3Cl)nc(C(C(C)=O)=C(C)N)c2C)C1. The fraction of sp³-hybridized carbons (Fsp3) is 0.517. The van der Waals surface area contributed by atoms with E-state index in [-0.39, 0.29) is 18.3 Å². The molecule has 0 unspecified atom stereocenters. The predicted octanol–water partition coefficient (Wildman–Crippen LogP) is 2.79. The van der Waals surface area contributed by atoms with Crippen LogP contribution in [0.4, 0.5) is 5.82 Å². The number of carbonyl (C=O) groups excluding carboxylic acids is 2. The molecule has 11 heteroatoms. The van der Waals surface area contributed by atoms with Crippen molar-refractivity contribution in [2.24, 2.45) is 11.1 Å². The van der Waals surface area contributed by atoms with Gasteiger partial charge in [-0.1, -0.05) is 18.5 Å². The molecule has 0 saturated carbocycles. The molecule has 0 spiro atoms. The molecule has 40 heavy (non-hydrogen) atoms. The minimum Gasteiger partial charge on any atom is -0.491 e. The number of benzene rings is 1. The van der Waals surface area contributed by atoms with Crippen LogP contribution in [0.1, 0.15) is 44.9 Å². The molecule has 3 heterocycles. The van der Waals surface area contributed by atoms with Gasteiger partial charge in [0.25, 0.3) is 0 Å². The molecule has 2 fully saturated rings. The number of amides is 1. The van der Waals surface area contributed by atoms with Gasteiger partial charge in [0.2, 0.25) is 5.91 Å². The number of aliphatic hydroxyl groups is 1. The average molecular weight is 571 g/mol. The number of likely N-dealkylation sites (tertiary alicyclic amines) is 1. The lowest BCUT2D eigenvalue weighted by Crippen LogP contribution is -2.65. The number of ketones is 1. The third-order valence-electron chi connectivity index (χ3n) is 7.72. The molecule has 2 saturated heterocycles. The van der Waals surface area contributed by atoms with Gasteiger partial charge in [0.15, 0.2) is 11.6 Å². The minimum atomic E-state index is -0.682. The van der Waals surface area contributed by atoms with Crippen LogP contribution in [-0.4, -0.2) is 84.1 Å². The van der Waals surface area contributed by atoms with Gasteiger partial charge < -0.3 is 30.7 Å². The number of allylic oxidation sites excluding steroid dienone is 2. The fourth-order valence-electron chi connectivity index (χ4n) is 5.26. The molecule has 0 aliphatic carbocycles. The van der Waals surface area contributed by atoms with Gasteiger partial charge >= 0.3 is 0 Å². The van der Waals surface area contributed by atoms with E-state index in [4.69, 9.17) is 32.0 Å². The summed E-state index contributed by atoms with van der Waals surface area (Å²) in [7, 11) is 1.75. The zero-order valence-corrected chi connectivity index (χ0v) is 24.6. The first-order valence-corrected chi connectivity index (χ1v) is 14.0. The van der Waals surface area contributed by atoms with Crippen LogP contribution in [0.2, 0.25) is 5.02 Å². The van der Waals surface area contributed by atoms with E-state index in [0.717, 1.165) is 25.9 Å². The number of aliphatic hydroxyl groups excluding tert-OH is 1.